The average molecular weight is 304 g/mol. The van der Waals surface area contributed by atoms with E-state index in [4.69, 9.17) is 0 Å². The molecule has 0 N–H and O–H groups in total. The highest BCUT2D eigenvalue weighted by molar-refractivity contribution is 8.02. The van der Waals surface area contributed by atoms with Crippen molar-refractivity contribution in [2.24, 2.45) is 0 Å². The lowest BCUT2D eigenvalue weighted by Gasteiger charge is -2.31. The molecule has 1 aliphatic rings. The Hall–Kier alpha value is -1.33. The van der Waals surface area contributed by atoms with Crippen LogP contribution in [0.5, 0.6) is 0 Å². The molecule has 0 aliphatic carbocycles. The van der Waals surface area contributed by atoms with Crippen LogP contribution in [0, 0.1) is 6.92 Å². The summed E-state index contributed by atoms with van der Waals surface area (Å²) in [5.74, 6) is 0.209. The molecule has 104 valence electrons. The number of anilines is 1. The van der Waals surface area contributed by atoms with Gasteiger partial charge in [0.25, 0.3) is 0 Å². The number of piperidine rings is 1. The molecule has 1 unspecified atom stereocenters. The number of carbonyl (C=O) groups excluding carboxylic acids is 1. The van der Waals surface area contributed by atoms with Gasteiger partial charge in [-0.05, 0) is 31.9 Å². The molecule has 0 spiro atoms. The van der Waals surface area contributed by atoms with Gasteiger partial charge in [-0.2, -0.15) is 0 Å². The van der Waals surface area contributed by atoms with Gasteiger partial charge in [-0.15, -0.1) is 11.3 Å². The predicted octanol–water partition coefficient (Wildman–Crippen LogP) is 3.74. The van der Waals surface area contributed by atoms with Gasteiger partial charge in [0.05, 0.1) is 5.25 Å². The summed E-state index contributed by atoms with van der Waals surface area (Å²) >= 11 is 3.23. The van der Waals surface area contributed by atoms with Gasteiger partial charge in [-0.1, -0.05) is 30.0 Å². The molecule has 1 aromatic carbocycles. The number of hydrogen-bond acceptors (Lipinski definition) is 4. The zero-order valence-electron chi connectivity index (χ0n) is 11.3. The normalized spacial score (nSPS) is 19.4. The molecule has 2 aromatic rings. The quantitative estimate of drug-likeness (QED) is 0.866. The summed E-state index contributed by atoms with van der Waals surface area (Å²) in [4.78, 5) is 19.0. The number of benzene rings is 1. The van der Waals surface area contributed by atoms with E-state index in [0.717, 1.165) is 35.1 Å². The molecule has 20 heavy (non-hydrogen) atoms. The van der Waals surface area contributed by atoms with Gasteiger partial charge in [-0.25, -0.2) is 4.98 Å². The van der Waals surface area contributed by atoms with Crippen LogP contribution < -0.4 is 4.90 Å². The zero-order valence-corrected chi connectivity index (χ0v) is 12.9. The van der Waals surface area contributed by atoms with Crippen LogP contribution in [-0.4, -0.2) is 22.7 Å². The maximum atomic E-state index is 12.6. The SMILES string of the molecule is Cc1csc(SC2CCCN(c3ccccc3)C2=O)n1. The highest BCUT2D eigenvalue weighted by atomic mass is 32.2. The third-order valence-electron chi connectivity index (χ3n) is 3.30. The zero-order chi connectivity index (χ0) is 13.9. The maximum absolute atomic E-state index is 12.6. The van der Waals surface area contributed by atoms with E-state index in [1.54, 1.807) is 23.1 Å². The van der Waals surface area contributed by atoms with Crippen LogP contribution in [0.1, 0.15) is 18.5 Å². The fourth-order valence-corrected chi connectivity index (χ4v) is 4.51. The van der Waals surface area contributed by atoms with Crippen molar-refractivity contribution in [3.8, 4) is 0 Å². The fourth-order valence-electron chi connectivity index (χ4n) is 2.32. The van der Waals surface area contributed by atoms with E-state index in [0.29, 0.717) is 0 Å². The second kappa shape index (κ2) is 5.97. The van der Waals surface area contributed by atoms with Crippen molar-refractivity contribution in [1.29, 1.82) is 0 Å². The van der Waals surface area contributed by atoms with E-state index in [1.165, 1.54) is 0 Å². The van der Waals surface area contributed by atoms with Crippen molar-refractivity contribution in [2.45, 2.75) is 29.4 Å². The molecular weight excluding hydrogens is 288 g/mol. The first-order chi connectivity index (χ1) is 9.74. The Morgan fingerprint density at radius 3 is 2.85 bits per heavy atom. The Labute approximate surface area is 127 Å². The molecule has 0 bridgehead atoms. The Morgan fingerprint density at radius 2 is 2.15 bits per heavy atom. The molecule has 1 atom stereocenters. The Balaban J connectivity index is 1.75. The second-order valence-corrected chi connectivity index (χ2v) is 7.14. The number of thioether (sulfide) groups is 1. The summed E-state index contributed by atoms with van der Waals surface area (Å²) in [7, 11) is 0. The van der Waals surface area contributed by atoms with E-state index in [-0.39, 0.29) is 11.2 Å². The summed E-state index contributed by atoms with van der Waals surface area (Å²) in [5.41, 5.74) is 2.03. The van der Waals surface area contributed by atoms with E-state index >= 15 is 0 Å². The van der Waals surface area contributed by atoms with Gasteiger partial charge in [0.1, 0.15) is 0 Å². The molecule has 1 fully saturated rings. The minimum absolute atomic E-state index is 0.00509. The first kappa shape index (κ1) is 13.6. The Morgan fingerprint density at radius 1 is 1.35 bits per heavy atom. The highest BCUT2D eigenvalue weighted by Gasteiger charge is 2.30. The Bertz CT molecular complexity index is 597. The third kappa shape index (κ3) is 2.88. The molecule has 1 aromatic heterocycles. The van der Waals surface area contributed by atoms with Gasteiger partial charge in [0.2, 0.25) is 5.91 Å². The van der Waals surface area contributed by atoms with Crippen LogP contribution in [0.2, 0.25) is 0 Å². The summed E-state index contributed by atoms with van der Waals surface area (Å²) in [6, 6.07) is 9.92. The summed E-state index contributed by atoms with van der Waals surface area (Å²) < 4.78 is 0.996. The minimum atomic E-state index is -0.00509. The Kier molecular flexibility index (Phi) is 4.08. The maximum Gasteiger partial charge on any atom is 0.240 e. The van der Waals surface area contributed by atoms with Crippen LogP contribution in [-0.2, 0) is 4.79 Å². The first-order valence-corrected chi connectivity index (χ1v) is 8.45. The van der Waals surface area contributed by atoms with Crippen molar-refractivity contribution >= 4 is 34.7 Å². The smallest absolute Gasteiger partial charge is 0.240 e. The molecule has 5 heteroatoms. The molecule has 0 radical (unpaired) electrons. The number of aryl methyl sites for hydroxylation is 1. The number of rotatable bonds is 3. The van der Waals surface area contributed by atoms with Crippen molar-refractivity contribution in [2.75, 3.05) is 11.4 Å². The summed E-state index contributed by atoms with van der Waals surface area (Å²) in [6.07, 6.45) is 1.98. The van der Waals surface area contributed by atoms with E-state index in [9.17, 15) is 4.79 Å². The van der Waals surface area contributed by atoms with Gasteiger partial charge in [0, 0.05) is 23.3 Å². The number of hydrogen-bond donors (Lipinski definition) is 0. The molecule has 2 heterocycles. The van der Waals surface area contributed by atoms with Gasteiger partial charge in [0.15, 0.2) is 4.34 Å². The van der Waals surface area contributed by atoms with E-state index in [2.05, 4.69) is 4.98 Å². The van der Waals surface area contributed by atoms with Crippen molar-refractivity contribution in [3.05, 3.63) is 41.4 Å². The second-order valence-electron chi connectivity index (χ2n) is 4.83. The van der Waals surface area contributed by atoms with Crippen LogP contribution in [0.15, 0.2) is 40.1 Å². The topological polar surface area (TPSA) is 33.2 Å². The lowest BCUT2D eigenvalue weighted by molar-refractivity contribution is -0.119. The van der Waals surface area contributed by atoms with Crippen molar-refractivity contribution < 1.29 is 4.79 Å². The van der Waals surface area contributed by atoms with Gasteiger partial charge < -0.3 is 4.90 Å². The predicted molar refractivity (Wildman–Crippen MR) is 84.5 cm³/mol. The molecule has 1 aliphatic heterocycles. The summed E-state index contributed by atoms with van der Waals surface area (Å²) in [5, 5.41) is 2.03. The standard InChI is InChI=1S/C15H16N2OS2/c1-11-10-19-15(16-11)20-13-8-5-9-17(14(13)18)12-6-3-2-4-7-12/h2-4,6-7,10,13H,5,8-9H2,1H3. The fraction of sp³-hybridized carbons (Fsp3) is 0.333. The molecule has 1 saturated heterocycles. The van der Waals surface area contributed by atoms with Crippen molar-refractivity contribution in [1.82, 2.24) is 4.98 Å². The van der Waals surface area contributed by atoms with Gasteiger partial charge >= 0.3 is 0 Å². The molecule has 3 rings (SSSR count). The van der Waals surface area contributed by atoms with Crippen LogP contribution in [0.3, 0.4) is 0 Å². The molecular formula is C15H16N2OS2. The average Bonchev–Trinajstić information content (AvgIpc) is 2.87. The number of para-hydroxylation sites is 1. The number of amides is 1. The lowest BCUT2D eigenvalue weighted by atomic mass is 10.1. The largest absolute Gasteiger partial charge is 0.311 e. The van der Waals surface area contributed by atoms with E-state index < -0.39 is 0 Å². The number of carbonyl (C=O) groups is 1. The number of aromatic nitrogens is 1. The number of nitrogens with zero attached hydrogens (tertiary/aromatic N) is 2. The van der Waals surface area contributed by atoms with Crippen LogP contribution in [0.25, 0.3) is 0 Å². The molecule has 1 amide bonds. The first-order valence-electron chi connectivity index (χ1n) is 6.69. The van der Waals surface area contributed by atoms with Crippen LogP contribution >= 0.6 is 23.1 Å². The minimum Gasteiger partial charge on any atom is -0.311 e. The monoisotopic (exact) mass is 304 g/mol. The van der Waals surface area contributed by atoms with Gasteiger partial charge in [-0.3, -0.25) is 4.79 Å². The van der Waals surface area contributed by atoms with E-state index in [1.807, 2.05) is 47.5 Å². The van der Waals surface area contributed by atoms with Crippen molar-refractivity contribution in [3.63, 3.8) is 0 Å². The van der Waals surface area contributed by atoms with Crippen LogP contribution in [0.4, 0.5) is 5.69 Å². The molecule has 3 nitrogen and oxygen atoms in total. The summed E-state index contributed by atoms with van der Waals surface area (Å²) in [6.45, 7) is 2.80. The lowest BCUT2D eigenvalue weighted by Crippen LogP contribution is -2.42. The third-order valence-corrected chi connectivity index (χ3v) is 5.64. The molecule has 0 saturated carbocycles. The number of thiazole rings is 1. The highest BCUT2D eigenvalue weighted by Crippen LogP contribution is 2.33.